The smallest absolute Gasteiger partial charge is 0.0681 e. The Morgan fingerprint density at radius 1 is 1.26 bits per heavy atom. The highest BCUT2D eigenvalue weighted by Crippen LogP contribution is 2.31. The van der Waals surface area contributed by atoms with Gasteiger partial charge in [-0.3, -0.25) is 0 Å². The van der Waals surface area contributed by atoms with Gasteiger partial charge in [-0.05, 0) is 42.9 Å². The topological polar surface area (TPSA) is 23.5 Å². The van der Waals surface area contributed by atoms with E-state index in [1.807, 2.05) is 0 Å². The van der Waals surface area contributed by atoms with Gasteiger partial charge in [-0.1, -0.05) is 38.8 Å². The highest BCUT2D eigenvalue weighted by Gasteiger charge is 2.24. The number of nitrogens with zero attached hydrogens (tertiary/aromatic N) is 1. The molecule has 0 amide bonds. The zero-order valence-corrected chi connectivity index (χ0v) is 12.5. The van der Waals surface area contributed by atoms with E-state index in [0.29, 0.717) is 12.0 Å². The van der Waals surface area contributed by atoms with Crippen LogP contribution in [0.25, 0.3) is 0 Å². The maximum absolute atomic E-state index is 9.23. The average molecular weight is 261 g/mol. The van der Waals surface area contributed by atoms with Crippen molar-refractivity contribution in [3.05, 3.63) is 29.3 Å². The predicted octanol–water partition coefficient (Wildman–Crippen LogP) is 3.89. The van der Waals surface area contributed by atoms with Crippen molar-refractivity contribution >= 4 is 5.69 Å². The molecule has 1 saturated carbocycles. The van der Waals surface area contributed by atoms with Gasteiger partial charge in [0.25, 0.3) is 0 Å². The van der Waals surface area contributed by atoms with Crippen LogP contribution in [0, 0.1) is 12.8 Å². The minimum Gasteiger partial charge on any atom is -0.392 e. The summed E-state index contributed by atoms with van der Waals surface area (Å²) in [6.45, 7) is 8.01. The predicted molar refractivity (Wildman–Crippen MR) is 81.5 cm³/mol. The summed E-state index contributed by atoms with van der Waals surface area (Å²) >= 11 is 0. The van der Waals surface area contributed by atoms with E-state index in [1.165, 1.54) is 36.9 Å². The van der Waals surface area contributed by atoms with Crippen LogP contribution in [0.3, 0.4) is 0 Å². The van der Waals surface area contributed by atoms with Gasteiger partial charge in [0, 0.05) is 18.3 Å². The van der Waals surface area contributed by atoms with Crippen LogP contribution in [-0.4, -0.2) is 17.7 Å². The van der Waals surface area contributed by atoms with Crippen LogP contribution >= 0.6 is 0 Å². The summed E-state index contributed by atoms with van der Waals surface area (Å²) in [5, 5.41) is 9.23. The largest absolute Gasteiger partial charge is 0.392 e. The summed E-state index contributed by atoms with van der Waals surface area (Å²) in [6.07, 6.45) is 5.39. The van der Waals surface area contributed by atoms with Crippen molar-refractivity contribution in [2.24, 2.45) is 5.92 Å². The molecule has 0 spiro atoms. The van der Waals surface area contributed by atoms with E-state index in [9.17, 15) is 5.11 Å². The van der Waals surface area contributed by atoms with Crippen LogP contribution in [0.5, 0.6) is 0 Å². The first-order valence-corrected chi connectivity index (χ1v) is 7.59. The standard InChI is InChI=1S/C17H27NO/c1-13(2)11-18(16-6-4-5-7-16)17-9-8-15(12-19)10-14(17)3/h8-10,13,16,19H,4-7,11-12H2,1-3H3. The fourth-order valence-corrected chi connectivity index (χ4v) is 3.19. The molecule has 1 aromatic rings. The highest BCUT2D eigenvalue weighted by atomic mass is 16.3. The van der Waals surface area contributed by atoms with Gasteiger partial charge >= 0.3 is 0 Å². The molecule has 2 heteroatoms. The first kappa shape index (κ1) is 14.4. The van der Waals surface area contributed by atoms with Crippen molar-refractivity contribution in [1.82, 2.24) is 0 Å². The summed E-state index contributed by atoms with van der Waals surface area (Å²) < 4.78 is 0. The quantitative estimate of drug-likeness (QED) is 0.869. The SMILES string of the molecule is Cc1cc(CO)ccc1N(CC(C)C)C1CCCC1. The molecule has 1 fully saturated rings. The molecule has 106 valence electrons. The van der Waals surface area contributed by atoms with E-state index in [0.717, 1.165) is 12.1 Å². The zero-order chi connectivity index (χ0) is 13.8. The average Bonchev–Trinajstić information content (AvgIpc) is 2.89. The fourth-order valence-electron chi connectivity index (χ4n) is 3.19. The van der Waals surface area contributed by atoms with Crippen LogP contribution in [0.15, 0.2) is 18.2 Å². The molecule has 0 heterocycles. The van der Waals surface area contributed by atoms with E-state index in [1.54, 1.807) is 0 Å². The summed E-state index contributed by atoms with van der Waals surface area (Å²) in [4.78, 5) is 2.61. The highest BCUT2D eigenvalue weighted by molar-refractivity contribution is 5.55. The van der Waals surface area contributed by atoms with Crippen LogP contribution in [0.1, 0.15) is 50.7 Å². The molecule has 2 rings (SSSR count). The van der Waals surface area contributed by atoms with Crippen LogP contribution in [-0.2, 0) is 6.61 Å². The molecule has 1 aromatic carbocycles. The number of aryl methyl sites for hydroxylation is 1. The number of benzene rings is 1. The summed E-state index contributed by atoms with van der Waals surface area (Å²) in [5.41, 5.74) is 3.66. The zero-order valence-electron chi connectivity index (χ0n) is 12.5. The summed E-state index contributed by atoms with van der Waals surface area (Å²) in [6, 6.07) is 7.09. The molecule has 19 heavy (non-hydrogen) atoms. The lowest BCUT2D eigenvalue weighted by Crippen LogP contribution is -2.36. The fraction of sp³-hybridized carbons (Fsp3) is 0.647. The third kappa shape index (κ3) is 3.50. The van der Waals surface area contributed by atoms with E-state index in [2.05, 4.69) is 43.9 Å². The first-order valence-electron chi connectivity index (χ1n) is 7.59. The number of aliphatic hydroxyl groups excluding tert-OH is 1. The molecular formula is C17H27NO. The van der Waals surface area contributed by atoms with Crippen molar-refractivity contribution in [2.45, 2.75) is 59.1 Å². The first-order chi connectivity index (χ1) is 9.11. The Morgan fingerprint density at radius 3 is 2.47 bits per heavy atom. The Hall–Kier alpha value is -1.02. The Morgan fingerprint density at radius 2 is 1.95 bits per heavy atom. The number of hydrogen-bond acceptors (Lipinski definition) is 2. The van der Waals surface area contributed by atoms with E-state index >= 15 is 0 Å². The maximum atomic E-state index is 9.23. The number of anilines is 1. The van der Waals surface area contributed by atoms with Gasteiger partial charge in [0.1, 0.15) is 0 Å². The van der Waals surface area contributed by atoms with Crippen molar-refractivity contribution < 1.29 is 5.11 Å². The van der Waals surface area contributed by atoms with Crippen molar-refractivity contribution in [1.29, 1.82) is 0 Å². The number of aliphatic hydroxyl groups is 1. The van der Waals surface area contributed by atoms with Gasteiger partial charge in [-0.2, -0.15) is 0 Å². The second-order valence-electron chi connectivity index (χ2n) is 6.26. The van der Waals surface area contributed by atoms with E-state index < -0.39 is 0 Å². The molecule has 0 unspecified atom stereocenters. The molecule has 2 nitrogen and oxygen atoms in total. The molecule has 0 aliphatic heterocycles. The van der Waals surface area contributed by atoms with Crippen LogP contribution in [0.4, 0.5) is 5.69 Å². The van der Waals surface area contributed by atoms with Crippen LogP contribution < -0.4 is 4.90 Å². The third-order valence-corrected chi connectivity index (χ3v) is 4.08. The van der Waals surface area contributed by atoms with E-state index in [4.69, 9.17) is 0 Å². The molecule has 1 aliphatic carbocycles. The van der Waals surface area contributed by atoms with Gasteiger partial charge in [0.15, 0.2) is 0 Å². The van der Waals surface area contributed by atoms with Crippen molar-refractivity contribution in [2.75, 3.05) is 11.4 Å². The van der Waals surface area contributed by atoms with Gasteiger partial charge in [-0.25, -0.2) is 0 Å². The second kappa shape index (κ2) is 6.42. The van der Waals surface area contributed by atoms with Gasteiger partial charge in [-0.15, -0.1) is 0 Å². The number of hydrogen-bond donors (Lipinski definition) is 1. The Bertz CT molecular complexity index is 408. The molecule has 1 N–H and O–H groups in total. The minimum absolute atomic E-state index is 0.134. The van der Waals surface area contributed by atoms with E-state index in [-0.39, 0.29) is 6.61 Å². The Balaban J connectivity index is 2.26. The van der Waals surface area contributed by atoms with Gasteiger partial charge in [0.2, 0.25) is 0 Å². The van der Waals surface area contributed by atoms with Crippen molar-refractivity contribution in [3.63, 3.8) is 0 Å². The lowest BCUT2D eigenvalue weighted by atomic mass is 10.0. The normalized spacial score (nSPS) is 16.3. The Kier molecular flexibility index (Phi) is 4.87. The molecule has 0 radical (unpaired) electrons. The van der Waals surface area contributed by atoms with Crippen LogP contribution in [0.2, 0.25) is 0 Å². The summed E-state index contributed by atoms with van der Waals surface area (Å²) in [7, 11) is 0. The van der Waals surface area contributed by atoms with Gasteiger partial charge in [0.05, 0.1) is 6.61 Å². The van der Waals surface area contributed by atoms with Gasteiger partial charge < -0.3 is 10.0 Å². The molecule has 1 aliphatic rings. The van der Waals surface area contributed by atoms with Crippen molar-refractivity contribution in [3.8, 4) is 0 Å². The molecule has 0 saturated heterocycles. The molecule has 0 bridgehead atoms. The number of rotatable bonds is 5. The molecular weight excluding hydrogens is 234 g/mol. The molecule has 0 aromatic heterocycles. The molecule has 0 atom stereocenters. The monoisotopic (exact) mass is 261 g/mol. The maximum Gasteiger partial charge on any atom is 0.0681 e. The third-order valence-electron chi connectivity index (χ3n) is 4.08. The Labute approximate surface area is 117 Å². The lowest BCUT2D eigenvalue weighted by Gasteiger charge is -2.34. The lowest BCUT2D eigenvalue weighted by molar-refractivity contribution is 0.282. The minimum atomic E-state index is 0.134. The summed E-state index contributed by atoms with van der Waals surface area (Å²) in [5.74, 6) is 0.678. The second-order valence-corrected chi connectivity index (χ2v) is 6.26.